The maximum absolute atomic E-state index is 11.5. The van der Waals surface area contributed by atoms with Crippen LogP contribution in [0.3, 0.4) is 0 Å². The van der Waals surface area contributed by atoms with Gasteiger partial charge in [-0.3, -0.25) is 9.63 Å². The Morgan fingerprint density at radius 2 is 1.44 bits per heavy atom. The Morgan fingerprint density at radius 3 is 2.00 bits per heavy atom. The summed E-state index contributed by atoms with van der Waals surface area (Å²) >= 11 is 0. The van der Waals surface area contributed by atoms with Gasteiger partial charge in [-0.25, -0.2) is 0 Å². The molecule has 0 saturated carbocycles. The molecule has 25 heavy (non-hydrogen) atoms. The molecule has 0 unspecified atom stereocenters. The van der Waals surface area contributed by atoms with E-state index in [2.05, 4.69) is 24.3 Å². The van der Waals surface area contributed by atoms with E-state index in [1.54, 1.807) is 24.3 Å². The molecule has 124 valence electrons. The van der Waals surface area contributed by atoms with Gasteiger partial charge >= 0.3 is 0 Å². The van der Waals surface area contributed by atoms with Crippen molar-refractivity contribution in [2.24, 2.45) is 0 Å². The number of anilines is 2. The van der Waals surface area contributed by atoms with Gasteiger partial charge in [-0.05, 0) is 46.5 Å². The summed E-state index contributed by atoms with van der Waals surface area (Å²) in [5, 5.41) is 1.25. The number of carbonyl (C=O) groups is 1. The van der Waals surface area contributed by atoms with E-state index >= 15 is 0 Å². The molecule has 0 bridgehead atoms. The molecule has 3 aromatic carbocycles. The maximum atomic E-state index is 11.5. The van der Waals surface area contributed by atoms with Crippen LogP contribution in [0.2, 0.25) is 0 Å². The minimum atomic E-state index is 0.101. The van der Waals surface area contributed by atoms with Crippen molar-refractivity contribution >= 4 is 17.8 Å². The van der Waals surface area contributed by atoms with Crippen LogP contribution in [0.15, 0.2) is 72.8 Å². The zero-order valence-corrected chi connectivity index (χ0v) is 13.6. The van der Waals surface area contributed by atoms with Gasteiger partial charge < -0.3 is 5.73 Å². The number of hydroxylamine groups is 1. The van der Waals surface area contributed by atoms with Crippen LogP contribution in [0.25, 0.3) is 11.1 Å². The van der Waals surface area contributed by atoms with Crippen molar-refractivity contribution in [3.05, 3.63) is 83.9 Å². The van der Waals surface area contributed by atoms with Crippen molar-refractivity contribution < 1.29 is 9.63 Å². The molecule has 1 amide bonds. The van der Waals surface area contributed by atoms with E-state index in [1.807, 2.05) is 24.3 Å². The van der Waals surface area contributed by atoms with E-state index in [0.717, 1.165) is 0 Å². The van der Waals surface area contributed by atoms with Crippen LogP contribution < -0.4 is 10.8 Å². The molecule has 1 aliphatic carbocycles. The SMILES string of the molecule is Nc1ccc(N(C=O)OCC2c3ccccc3-c3ccccc32)cc1. The maximum Gasteiger partial charge on any atom is 0.238 e. The van der Waals surface area contributed by atoms with Gasteiger partial charge in [0.1, 0.15) is 0 Å². The normalized spacial score (nSPS) is 12.5. The molecule has 0 spiro atoms. The van der Waals surface area contributed by atoms with E-state index < -0.39 is 0 Å². The molecular weight excluding hydrogens is 312 g/mol. The predicted molar refractivity (Wildman–Crippen MR) is 99.1 cm³/mol. The number of amides is 1. The molecule has 0 heterocycles. The first kappa shape index (κ1) is 15.4. The summed E-state index contributed by atoms with van der Waals surface area (Å²) in [6.07, 6.45) is 0.679. The summed E-state index contributed by atoms with van der Waals surface area (Å²) in [5.41, 5.74) is 11.9. The zero-order valence-electron chi connectivity index (χ0n) is 13.6. The topological polar surface area (TPSA) is 55.6 Å². The van der Waals surface area contributed by atoms with Gasteiger partial charge in [0, 0.05) is 11.6 Å². The highest BCUT2D eigenvalue weighted by atomic mass is 16.7. The minimum absolute atomic E-state index is 0.101. The third kappa shape index (κ3) is 2.77. The van der Waals surface area contributed by atoms with E-state index in [4.69, 9.17) is 10.6 Å². The number of hydrogen-bond acceptors (Lipinski definition) is 3. The van der Waals surface area contributed by atoms with Crippen molar-refractivity contribution in [1.29, 1.82) is 0 Å². The Labute approximate surface area is 146 Å². The quantitative estimate of drug-likeness (QED) is 0.437. The van der Waals surface area contributed by atoms with Crippen LogP contribution in [-0.4, -0.2) is 13.0 Å². The van der Waals surface area contributed by atoms with Gasteiger partial charge in [0.05, 0.1) is 12.3 Å². The molecule has 0 atom stereocenters. The average Bonchev–Trinajstić information content (AvgIpc) is 2.98. The van der Waals surface area contributed by atoms with Crippen LogP contribution in [0.1, 0.15) is 17.0 Å². The highest BCUT2D eigenvalue weighted by molar-refractivity contribution is 5.79. The van der Waals surface area contributed by atoms with Crippen LogP contribution in [0.4, 0.5) is 11.4 Å². The number of benzene rings is 3. The first-order valence-corrected chi connectivity index (χ1v) is 8.19. The van der Waals surface area contributed by atoms with Gasteiger partial charge in [0.25, 0.3) is 0 Å². The highest BCUT2D eigenvalue weighted by Gasteiger charge is 2.28. The molecule has 2 N–H and O–H groups in total. The second kappa shape index (κ2) is 6.42. The molecule has 4 nitrogen and oxygen atoms in total. The number of fused-ring (bicyclic) bond motifs is 3. The first-order chi connectivity index (χ1) is 12.3. The van der Waals surface area contributed by atoms with Crippen molar-refractivity contribution in [1.82, 2.24) is 0 Å². The van der Waals surface area contributed by atoms with Crippen molar-refractivity contribution in [3.63, 3.8) is 0 Å². The van der Waals surface area contributed by atoms with Crippen molar-refractivity contribution in [2.45, 2.75) is 5.92 Å². The van der Waals surface area contributed by atoms with Gasteiger partial charge in [-0.1, -0.05) is 48.5 Å². The van der Waals surface area contributed by atoms with Crippen LogP contribution in [0, 0.1) is 0 Å². The monoisotopic (exact) mass is 330 g/mol. The molecule has 0 aromatic heterocycles. The van der Waals surface area contributed by atoms with Crippen molar-refractivity contribution in [2.75, 3.05) is 17.4 Å². The summed E-state index contributed by atoms with van der Waals surface area (Å²) in [6, 6.07) is 23.7. The Kier molecular flexibility index (Phi) is 3.96. The Balaban J connectivity index is 1.60. The largest absolute Gasteiger partial charge is 0.399 e. The summed E-state index contributed by atoms with van der Waals surface area (Å²) < 4.78 is 0. The number of hydrogen-bond donors (Lipinski definition) is 1. The number of nitrogens with two attached hydrogens (primary N) is 1. The molecule has 0 fully saturated rings. The predicted octanol–water partition coefficient (Wildman–Crippen LogP) is 3.98. The van der Waals surface area contributed by atoms with Gasteiger partial charge in [-0.2, -0.15) is 5.06 Å². The van der Waals surface area contributed by atoms with Crippen LogP contribution in [-0.2, 0) is 9.63 Å². The fourth-order valence-electron chi connectivity index (χ4n) is 3.38. The smallest absolute Gasteiger partial charge is 0.238 e. The molecular formula is C21H18N2O2. The summed E-state index contributed by atoms with van der Waals surface area (Å²) in [6.45, 7) is 0.386. The average molecular weight is 330 g/mol. The third-order valence-corrected chi connectivity index (χ3v) is 4.59. The fourth-order valence-corrected chi connectivity index (χ4v) is 3.38. The fraction of sp³-hybridized carbons (Fsp3) is 0.0952. The first-order valence-electron chi connectivity index (χ1n) is 8.19. The van der Waals surface area contributed by atoms with E-state index in [0.29, 0.717) is 24.4 Å². The Hall–Kier alpha value is -3.11. The Bertz CT molecular complexity index is 860. The molecule has 0 aliphatic heterocycles. The number of nitrogens with zero attached hydrogens (tertiary/aromatic N) is 1. The lowest BCUT2D eigenvalue weighted by Crippen LogP contribution is -2.24. The Morgan fingerprint density at radius 1 is 0.880 bits per heavy atom. The number of nitrogen functional groups attached to an aromatic ring is 1. The lowest BCUT2D eigenvalue weighted by Gasteiger charge is -2.20. The zero-order chi connectivity index (χ0) is 17.2. The van der Waals surface area contributed by atoms with E-state index in [9.17, 15) is 4.79 Å². The number of rotatable bonds is 5. The van der Waals surface area contributed by atoms with Crippen LogP contribution in [0.5, 0.6) is 0 Å². The molecule has 0 radical (unpaired) electrons. The second-order valence-corrected chi connectivity index (χ2v) is 6.05. The third-order valence-electron chi connectivity index (χ3n) is 4.59. The molecule has 4 rings (SSSR count). The standard InChI is InChI=1S/C21H18N2O2/c22-15-9-11-16(12-10-15)23(14-24)25-13-21-19-7-3-1-5-17(19)18-6-2-4-8-20(18)21/h1-12,14,21H,13,22H2. The summed E-state index contributed by atoms with van der Waals surface area (Å²) in [4.78, 5) is 17.3. The second-order valence-electron chi connectivity index (χ2n) is 6.05. The molecule has 3 aromatic rings. The summed E-state index contributed by atoms with van der Waals surface area (Å²) in [7, 11) is 0. The molecule has 1 aliphatic rings. The summed E-state index contributed by atoms with van der Waals surface area (Å²) in [5.74, 6) is 0.101. The van der Waals surface area contributed by atoms with Gasteiger partial charge in [-0.15, -0.1) is 0 Å². The number of carbonyl (C=O) groups excluding carboxylic acids is 1. The lowest BCUT2D eigenvalue weighted by atomic mass is 9.98. The van der Waals surface area contributed by atoms with Crippen LogP contribution >= 0.6 is 0 Å². The van der Waals surface area contributed by atoms with E-state index in [1.165, 1.54) is 27.3 Å². The van der Waals surface area contributed by atoms with Crippen molar-refractivity contribution in [3.8, 4) is 11.1 Å². The van der Waals surface area contributed by atoms with Gasteiger partial charge in [0.2, 0.25) is 6.41 Å². The van der Waals surface area contributed by atoms with E-state index in [-0.39, 0.29) is 5.92 Å². The minimum Gasteiger partial charge on any atom is -0.399 e. The lowest BCUT2D eigenvalue weighted by molar-refractivity contribution is -0.114. The van der Waals surface area contributed by atoms with Gasteiger partial charge in [0.15, 0.2) is 0 Å². The molecule has 0 saturated heterocycles. The highest BCUT2D eigenvalue weighted by Crippen LogP contribution is 2.44. The molecule has 4 heteroatoms.